The molecule has 0 saturated heterocycles. The van der Waals surface area contributed by atoms with E-state index in [1.807, 2.05) is 0 Å². The van der Waals surface area contributed by atoms with Crippen LogP contribution in [-0.2, 0) is 19.0 Å². The molecule has 3 aromatic rings. The molecule has 192 valence electrons. The summed E-state index contributed by atoms with van der Waals surface area (Å²) in [4.78, 5) is 49.7. The van der Waals surface area contributed by atoms with Crippen LogP contribution in [-0.4, -0.2) is 48.4 Å². The van der Waals surface area contributed by atoms with Gasteiger partial charge in [0.25, 0.3) is 0 Å². The first-order valence-electron chi connectivity index (χ1n) is 10.6. The molecule has 0 aliphatic heterocycles. The Hall–Kier alpha value is -3.10. The fraction of sp³-hybridized carbons (Fsp3) is 0.154. The van der Waals surface area contributed by atoms with Crippen LogP contribution in [0.4, 0.5) is 0 Å². The highest BCUT2D eigenvalue weighted by atomic mass is 35.5. The van der Waals surface area contributed by atoms with Gasteiger partial charge < -0.3 is 14.2 Å². The van der Waals surface area contributed by atoms with Crippen molar-refractivity contribution in [3.8, 4) is 0 Å². The third-order valence-electron chi connectivity index (χ3n) is 4.91. The average Bonchev–Trinajstić information content (AvgIpc) is 2.90. The lowest BCUT2D eigenvalue weighted by Gasteiger charge is -2.27. The molecule has 0 heterocycles. The summed E-state index contributed by atoms with van der Waals surface area (Å²) < 4.78 is 15.9. The van der Waals surface area contributed by atoms with Gasteiger partial charge in [-0.25, -0.2) is 14.4 Å². The highest BCUT2D eigenvalue weighted by Crippen LogP contribution is 2.20. The SMILES string of the molecule is O=C[C@H](OC(=O)c1ccc(Cl)cc1)[C@@H](OC(=O)c1ccc(Cl)cc1)[C@H](Cl)COC(=O)c1ccc(Cl)cc1. The third-order valence-corrected chi connectivity index (χ3v) is 6.04. The van der Waals surface area contributed by atoms with Gasteiger partial charge in [-0.1, -0.05) is 34.8 Å². The van der Waals surface area contributed by atoms with E-state index in [9.17, 15) is 19.2 Å². The van der Waals surface area contributed by atoms with Crippen molar-refractivity contribution in [2.24, 2.45) is 0 Å². The maximum Gasteiger partial charge on any atom is 0.338 e. The standard InChI is InChI=1S/C26H18Cl4O7/c27-18-7-1-15(2-8-18)24(32)35-14-21(30)23(37-26(34)17-5-11-20(29)12-6-17)22(13-31)36-25(33)16-3-9-19(28)10-4-16/h1-13,21-23H,14H2/t21-,22+,23+/m1/s1. The van der Waals surface area contributed by atoms with Crippen molar-refractivity contribution in [3.05, 3.63) is 105 Å². The Kier molecular flexibility index (Phi) is 10.3. The zero-order valence-corrected chi connectivity index (χ0v) is 21.8. The minimum Gasteiger partial charge on any atom is -0.460 e. The summed E-state index contributed by atoms with van der Waals surface area (Å²) in [5.41, 5.74) is 0.397. The van der Waals surface area contributed by atoms with Gasteiger partial charge in [-0.15, -0.1) is 11.6 Å². The van der Waals surface area contributed by atoms with Gasteiger partial charge in [0.1, 0.15) is 12.0 Å². The van der Waals surface area contributed by atoms with Gasteiger partial charge in [0.2, 0.25) is 0 Å². The molecule has 11 heteroatoms. The van der Waals surface area contributed by atoms with Crippen molar-refractivity contribution < 1.29 is 33.4 Å². The molecule has 3 rings (SSSR count). The molecule has 0 aliphatic rings. The van der Waals surface area contributed by atoms with E-state index >= 15 is 0 Å². The lowest BCUT2D eigenvalue weighted by molar-refractivity contribution is -0.122. The van der Waals surface area contributed by atoms with Crippen LogP contribution in [0, 0.1) is 0 Å². The quantitative estimate of drug-likeness (QED) is 0.124. The first-order chi connectivity index (χ1) is 17.7. The molecule has 0 saturated carbocycles. The van der Waals surface area contributed by atoms with Crippen LogP contribution in [0.25, 0.3) is 0 Å². The van der Waals surface area contributed by atoms with Gasteiger partial charge in [-0.05, 0) is 72.8 Å². The molecular weight excluding hydrogens is 566 g/mol. The molecule has 0 unspecified atom stereocenters. The number of benzene rings is 3. The van der Waals surface area contributed by atoms with Crippen LogP contribution >= 0.6 is 46.4 Å². The number of carbonyl (C=O) groups is 4. The molecule has 3 aromatic carbocycles. The molecule has 0 amide bonds. The monoisotopic (exact) mass is 582 g/mol. The molecule has 3 atom stereocenters. The molecule has 7 nitrogen and oxygen atoms in total. The first kappa shape index (κ1) is 28.5. The summed E-state index contributed by atoms with van der Waals surface area (Å²) in [6, 6.07) is 17.4. The van der Waals surface area contributed by atoms with E-state index in [1.165, 1.54) is 72.8 Å². The Morgan fingerprint density at radius 1 is 0.649 bits per heavy atom. The highest BCUT2D eigenvalue weighted by Gasteiger charge is 2.36. The fourth-order valence-corrected chi connectivity index (χ4v) is 3.63. The van der Waals surface area contributed by atoms with Crippen LogP contribution in [0.5, 0.6) is 0 Å². The number of alkyl halides is 1. The number of halogens is 4. The van der Waals surface area contributed by atoms with E-state index in [4.69, 9.17) is 60.6 Å². The van der Waals surface area contributed by atoms with E-state index in [1.54, 1.807) is 0 Å². The second kappa shape index (κ2) is 13.4. The molecule has 0 radical (unpaired) electrons. The zero-order chi connectivity index (χ0) is 26.9. The van der Waals surface area contributed by atoms with Crippen molar-refractivity contribution in [3.63, 3.8) is 0 Å². The lowest BCUT2D eigenvalue weighted by Crippen LogP contribution is -2.44. The normalized spacial score (nSPS) is 13.1. The minimum absolute atomic E-state index is 0.0966. The Bertz CT molecular complexity index is 1250. The van der Waals surface area contributed by atoms with Gasteiger partial charge in [0, 0.05) is 15.1 Å². The lowest BCUT2D eigenvalue weighted by atomic mass is 10.1. The maximum atomic E-state index is 12.8. The van der Waals surface area contributed by atoms with Crippen molar-refractivity contribution >= 4 is 70.6 Å². The molecule has 0 fully saturated rings. The van der Waals surface area contributed by atoms with Crippen LogP contribution < -0.4 is 0 Å². The van der Waals surface area contributed by atoms with E-state index in [-0.39, 0.29) is 23.0 Å². The third kappa shape index (κ3) is 8.20. The van der Waals surface area contributed by atoms with E-state index in [0.29, 0.717) is 15.1 Å². The summed E-state index contributed by atoms with van der Waals surface area (Å²) in [6.45, 7) is -0.482. The zero-order valence-electron chi connectivity index (χ0n) is 18.8. The van der Waals surface area contributed by atoms with Gasteiger partial charge >= 0.3 is 17.9 Å². The predicted molar refractivity (Wildman–Crippen MR) is 139 cm³/mol. The summed E-state index contributed by atoms with van der Waals surface area (Å²) in [6.07, 6.45) is -2.88. The number of carbonyl (C=O) groups excluding carboxylic acids is 4. The van der Waals surface area contributed by atoms with Crippen LogP contribution in [0.1, 0.15) is 31.1 Å². The number of ether oxygens (including phenoxy) is 3. The smallest absolute Gasteiger partial charge is 0.338 e. The Labute approximate surface area is 232 Å². The van der Waals surface area contributed by atoms with Gasteiger partial charge in [0.15, 0.2) is 18.5 Å². The maximum absolute atomic E-state index is 12.8. The van der Waals surface area contributed by atoms with Crippen molar-refractivity contribution in [1.29, 1.82) is 0 Å². The summed E-state index contributed by atoms with van der Waals surface area (Å²) in [5, 5.41) is -0.0697. The van der Waals surface area contributed by atoms with E-state index < -0.39 is 42.1 Å². The Morgan fingerprint density at radius 3 is 1.43 bits per heavy atom. The number of hydrogen-bond donors (Lipinski definition) is 0. The average molecular weight is 584 g/mol. The molecule has 0 aromatic heterocycles. The first-order valence-corrected chi connectivity index (χ1v) is 12.2. The Morgan fingerprint density at radius 2 is 1.03 bits per heavy atom. The largest absolute Gasteiger partial charge is 0.460 e. The molecule has 0 aliphatic carbocycles. The number of rotatable bonds is 10. The number of esters is 3. The fourth-order valence-electron chi connectivity index (χ4n) is 2.99. The van der Waals surface area contributed by atoms with Crippen LogP contribution in [0.15, 0.2) is 72.8 Å². The molecule has 0 spiro atoms. The van der Waals surface area contributed by atoms with Gasteiger partial charge in [-0.3, -0.25) is 4.79 Å². The summed E-state index contributed by atoms with van der Waals surface area (Å²) in [5.74, 6) is -2.49. The van der Waals surface area contributed by atoms with Crippen molar-refractivity contribution in [2.75, 3.05) is 6.61 Å². The van der Waals surface area contributed by atoms with Gasteiger partial charge in [0.05, 0.1) is 16.7 Å². The topological polar surface area (TPSA) is 96.0 Å². The second-order valence-corrected chi connectivity index (χ2v) is 9.38. The van der Waals surface area contributed by atoms with Gasteiger partial charge in [-0.2, -0.15) is 0 Å². The molecule has 37 heavy (non-hydrogen) atoms. The number of aldehydes is 1. The second-order valence-electron chi connectivity index (χ2n) is 7.51. The highest BCUT2D eigenvalue weighted by molar-refractivity contribution is 6.31. The number of hydrogen-bond acceptors (Lipinski definition) is 7. The van der Waals surface area contributed by atoms with E-state index in [0.717, 1.165) is 0 Å². The van der Waals surface area contributed by atoms with Crippen molar-refractivity contribution in [1.82, 2.24) is 0 Å². The summed E-state index contributed by atoms with van der Waals surface area (Å²) in [7, 11) is 0. The molecule has 0 bridgehead atoms. The predicted octanol–water partition coefficient (Wildman–Crippen LogP) is 6.06. The Balaban J connectivity index is 1.78. The van der Waals surface area contributed by atoms with Crippen molar-refractivity contribution in [2.45, 2.75) is 17.6 Å². The minimum atomic E-state index is -1.63. The molecular formula is C26H18Cl4O7. The van der Waals surface area contributed by atoms with Crippen LogP contribution in [0.3, 0.4) is 0 Å². The van der Waals surface area contributed by atoms with Crippen LogP contribution in [0.2, 0.25) is 15.1 Å². The van der Waals surface area contributed by atoms with E-state index in [2.05, 4.69) is 0 Å². The molecule has 0 N–H and O–H groups in total. The summed E-state index contributed by atoms with van der Waals surface area (Å²) >= 11 is 23.9.